The first-order valence-electron chi connectivity index (χ1n) is 9.03. The summed E-state index contributed by atoms with van der Waals surface area (Å²) in [6.07, 6.45) is 1.65. The zero-order valence-electron chi connectivity index (χ0n) is 15.5. The largest absolute Gasteiger partial charge is 0.503 e. The van der Waals surface area contributed by atoms with E-state index in [1.54, 1.807) is 30.3 Å². The highest BCUT2D eigenvalue weighted by molar-refractivity contribution is 5.94. The van der Waals surface area contributed by atoms with E-state index < -0.39 is 5.56 Å². The Labute approximate surface area is 162 Å². The van der Waals surface area contributed by atoms with Gasteiger partial charge in [0.25, 0.3) is 11.5 Å². The van der Waals surface area contributed by atoms with Gasteiger partial charge in [-0.2, -0.15) is 0 Å². The molecule has 0 unspecified atom stereocenters. The van der Waals surface area contributed by atoms with E-state index in [9.17, 15) is 14.7 Å². The van der Waals surface area contributed by atoms with Gasteiger partial charge in [0, 0.05) is 36.5 Å². The van der Waals surface area contributed by atoms with Gasteiger partial charge in [-0.25, -0.2) is 0 Å². The maximum Gasteiger partial charge on any atom is 0.292 e. The van der Waals surface area contributed by atoms with Gasteiger partial charge in [-0.3, -0.25) is 9.59 Å². The van der Waals surface area contributed by atoms with Crippen molar-refractivity contribution in [3.05, 3.63) is 82.3 Å². The van der Waals surface area contributed by atoms with E-state index in [4.69, 9.17) is 4.74 Å². The maximum atomic E-state index is 12.9. The zero-order chi connectivity index (χ0) is 19.7. The Hall–Kier alpha value is -3.54. The summed E-state index contributed by atoms with van der Waals surface area (Å²) < 4.78 is 7.06. The number of fused-ring (bicyclic) bond motifs is 1. The van der Waals surface area contributed by atoms with Gasteiger partial charge in [0.2, 0.25) is 0 Å². The van der Waals surface area contributed by atoms with Gasteiger partial charge in [-0.05, 0) is 29.8 Å². The van der Waals surface area contributed by atoms with Crippen LogP contribution in [-0.4, -0.2) is 33.6 Å². The third-order valence-electron chi connectivity index (χ3n) is 4.87. The fraction of sp³-hybridized carbons (Fsp3) is 0.182. The fourth-order valence-corrected chi connectivity index (χ4v) is 3.34. The smallest absolute Gasteiger partial charge is 0.292 e. The number of carbonyl (C=O) groups excluding carboxylic acids is 1. The van der Waals surface area contributed by atoms with Crippen molar-refractivity contribution in [1.29, 1.82) is 0 Å². The highest BCUT2D eigenvalue weighted by Gasteiger charge is 2.20. The van der Waals surface area contributed by atoms with Crippen LogP contribution in [0, 0.1) is 0 Å². The third-order valence-corrected chi connectivity index (χ3v) is 4.87. The summed E-state index contributed by atoms with van der Waals surface area (Å²) in [5.41, 5.74) is 2.64. The minimum Gasteiger partial charge on any atom is -0.503 e. The quantitative estimate of drug-likeness (QED) is 0.747. The lowest BCUT2D eigenvalue weighted by Gasteiger charge is -2.20. The number of aryl methyl sites for hydroxylation is 1. The number of nitrogens with zero attached hydrogens (tertiary/aromatic N) is 2. The number of aromatic hydroxyl groups is 1. The molecule has 4 rings (SSSR count). The molecule has 1 aliphatic rings. The molecule has 0 saturated heterocycles. The molecule has 2 aromatic carbocycles. The van der Waals surface area contributed by atoms with Crippen LogP contribution in [0.4, 0.5) is 0 Å². The van der Waals surface area contributed by atoms with Crippen LogP contribution >= 0.6 is 0 Å². The Balaban J connectivity index is 1.57. The molecular weight excluding hydrogens is 356 g/mol. The number of ether oxygens (including phenoxy) is 1. The molecule has 0 spiro atoms. The molecule has 1 N–H and O–H groups in total. The minimum atomic E-state index is -0.445. The molecule has 0 aliphatic carbocycles. The van der Waals surface area contributed by atoms with E-state index in [2.05, 4.69) is 0 Å². The van der Waals surface area contributed by atoms with Crippen molar-refractivity contribution in [2.75, 3.05) is 13.2 Å². The number of hydrogen-bond acceptors (Lipinski definition) is 4. The van der Waals surface area contributed by atoms with E-state index >= 15 is 0 Å². The Morgan fingerprint density at radius 1 is 1.07 bits per heavy atom. The number of carbonyl (C=O) groups is 1. The van der Waals surface area contributed by atoms with Crippen LogP contribution in [0.1, 0.15) is 15.9 Å². The van der Waals surface area contributed by atoms with Gasteiger partial charge < -0.3 is 19.3 Å². The van der Waals surface area contributed by atoms with Gasteiger partial charge in [-0.15, -0.1) is 0 Å². The predicted octanol–water partition coefficient (Wildman–Crippen LogP) is 2.79. The van der Waals surface area contributed by atoms with Crippen LogP contribution in [0.15, 0.2) is 65.6 Å². The topological polar surface area (TPSA) is 71.8 Å². The van der Waals surface area contributed by atoms with E-state index in [0.717, 1.165) is 16.9 Å². The summed E-state index contributed by atoms with van der Waals surface area (Å²) in [7, 11) is 1.59. The summed E-state index contributed by atoms with van der Waals surface area (Å²) in [4.78, 5) is 26.4. The number of benzene rings is 2. The second-order valence-corrected chi connectivity index (χ2v) is 6.79. The van der Waals surface area contributed by atoms with Gasteiger partial charge in [0.15, 0.2) is 5.75 Å². The average molecular weight is 376 g/mol. The SMILES string of the molecule is Cn1cc(-c2ccc(C(=O)N3CCOc4ccccc4C3)cc2)cc(O)c1=O. The lowest BCUT2D eigenvalue weighted by molar-refractivity contribution is 0.0733. The third kappa shape index (κ3) is 3.36. The Morgan fingerprint density at radius 2 is 1.82 bits per heavy atom. The summed E-state index contributed by atoms with van der Waals surface area (Å²) in [5.74, 6) is 0.459. The highest BCUT2D eigenvalue weighted by atomic mass is 16.5. The predicted molar refractivity (Wildman–Crippen MR) is 105 cm³/mol. The normalized spacial score (nSPS) is 13.4. The molecule has 2 heterocycles. The van der Waals surface area contributed by atoms with Crippen molar-refractivity contribution >= 4 is 5.91 Å². The van der Waals surface area contributed by atoms with E-state index in [0.29, 0.717) is 30.8 Å². The van der Waals surface area contributed by atoms with E-state index in [-0.39, 0.29) is 11.7 Å². The van der Waals surface area contributed by atoms with Crippen LogP contribution in [0.3, 0.4) is 0 Å². The van der Waals surface area contributed by atoms with Crippen molar-refractivity contribution in [3.63, 3.8) is 0 Å². The van der Waals surface area contributed by atoms with Crippen molar-refractivity contribution in [2.24, 2.45) is 7.05 Å². The Kier molecular flexibility index (Phi) is 4.61. The Morgan fingerprint density at radius 3 is 2.57 bits per heavy atom. The number of aromatic nitrogens is 1. The maximum absolute atomic E-state index is 12.9. The number of rotatable bonds is 2. The Bertz CT molecular complexity index is 1060. The summed E-state index contributed by atoms with van der Waals surface area (Å²) in [6, 6.07) is 16.3. The first kappa shape index (κ1) is 17.9. The van der Waals surface area contributed by atoms with E-state index in [1.165, 1.54) is 10.6 Å². The van der Waals surface area contributed by atoms with Crippen LogP contribution < -0.4 is 10.3 Å². The van der Waals surface area contributed by atoms with Crippen LogP contribution in [0.25, 0.3) is 11.1 Å². The fourth-order valence-electron chi connectivity index (χ4n) is 3.34. The molecule has 0 saturated carbocycles. The standard InChI is InChI=1S/C22H20N2O4/c1-23-13-18(12-19(25)22(23)27)15-6-8-16(9-7-15)21(26)24-10-11-28-20-5-3-2-4-17(20)14-24/h2-9,12-13,25H,10-11,14H2,1H3. The van der Waals surface area contributed by atoms with Crippen molar-refractivity contribution < 1.29 is 14.6 Å². The molecule has 6 heteroatoms. The molecule has 1 aliphatic heterocycles. The molecule has 28 heavy (non-hydrogen) atoms. The molecule has 1 aromatic heterocycles. The van der Waals surface area contributed by atoms with Gasteiger partial charge in [0.05, 0.1) is 6.54 Å². The highest BCUT2D eigenvalue weighted by Crippen LogP contribution is 2.25. The van der Waals surface area contributed by atoms with Crippen molar-refractivity contribution in [2.45, 2.75) is 6.54 Å². The molecule has 6 nitrogen and oxygen atoms in total. The lowest BCUT2D eigenvalue weighted by atomic mass is 10.0. The number of hydrogen-bond donors (Lipinski definition) is 1. The zero-order valence-corrected chi connectivity index (χ0v) is 15.5. The molecular formula is C22H20N2O4. The molecule has 0 atom stereocenters. The summed E-state index contributed by atoms with van der Waals surface area (Å²) in [6.45, 7) is 1.48. The molecule has 0 bridgehead atoms. The van der Waals surface area contributed by atoms with E-state index in [1.807, 2.05) is 36.4 Å². The van der Waals surface area contributed by atoms with Crippen LogP contribution in [0.5, 0.6) is 11.5 Å². The molecule has 0 radical (unpaired) electrons. The molecule has 0 fully saturated rings. The number of para-hydroxylation sites is 1. The molecule has 142 valence electrons. The first-order chi connectivity index (χ1) is 13.5. The second-order valence-electron chi connectivity index (χ2n) is 6.79. The van der Waals surface area contributed by atoms with Crippen LogP contribution in [-0.2, 0) is 13.6 Å². The average Bonchev–Trinajstić information content (AvgIpc) is 2.93. The molecule has 3 aromatic rings. The second kappa shape index (κ2) is 7.23. The van der Waals surface area contributed by atoms with Gasteiger partial charge in [0.1, 0.15) is 12.4 Å². The number of pyridine rings is 1. The van der Waals surface area contributed by atoms with Crippen molar-refractivity contribution in [1.82, 2.24) is 9.47 Å². The first-order valence-corrected chi connectivity index (χ1v) is 9.03. The van der Waals surface area contributed by atoms with Crippen molar-refractivity contribution in [3.8, 4) is 22.6 Å². The van der Waals surface area contributed by atoms with Crippen LogP contribution in [0.2, 0.25) is 0 Å². The monoisotopic (exact) mass is 376 g/mol. The summed E-state index contributed by atoms with van der Waals surface area (Å²) in [5, 5.41) is 9.76. The van der Waals surface area contributed by atoms with Gasteiger partial charge in [-0.1, -0.05) is 30.3 Å². The molecule has 1 amide bonds. The minimum absolute atomic E-state index is 0.0600. The summed E-state index contributed by atoms with van der Waals surface area (Å²) >= 11 is 0. The number of amides is 1. The van der Waals surface area contributed by atoms with Gasteiger partial charge >= 0.3 is 0 Å². The lowest BCUT2D eigenvalue weighted by Crippen LogP contribution is -2.32.